The fourth-order valence-electron chi connectivity index (χ4n) is 2.53. The highest BCUT2D eigenvalue weighted by atomic mass is 16.3. The van der Waals surface area contributed by atoms with Crippen LogP contribution in [0, 0.1) is 0 Å². The number of hydrogen-bond acceptors (Lipinski definition) is 2. The number of benzene rings is 2. The lowest BCUT2D eigenvalue weighted by molar-refractivity contribution is 0.237. The van der Waals surface area contributed by atoms with E-state index in [-0.39, 0.29) is 17.8 Å². The highest BCUT2D eigenvalue weighted by Gasteiger charge is 2.06. The Hall–Kier alpha value is -2.49. The minimum absolute atomic E-state index is 0.110. The standard InChI is InChI=1S/C20H26N2O2/c1-16(9-10-17-6-3-2-4-7-17)22-20(24)21-15-5-8-18-11-13-19(23)14-12-18/h2-4,6-7,11-14,16,23H,5,8-10,15H2,1H3,(H2,21,22,24). The van der Waals surface area contributed by atoms with E-state index in [1.807, 2.05) is 37.3 Å². The van der Waals surface area contributed by atoms with Gasteiger partial charge in [-0.05, 0) is 55.9 Å². The predicted molar refractivity (Wildman–Crippen MR) is 97.2 cm³/mol. The van der Waals surface area contributed by atoms with Gasteiger partial charge in [0, 0.05) is 12.6 Å². The lowest BCUT2D eigenvalue weighted by Gasteiger charge is -2.14. The molecule has 1 unspecified atom stereocenters. The van der Waals surface area contributed by atoms with Crippen molar-refractivity contribution < 1.29 is 9.90 Å². The molecule has 0 aromatic heterocycles. The number of aromatic hydroxyl groups is 1. The lowest BCUT2D eigenvalue weighted by Crippen LogP contribution is -2.41. The molecule has 0 aliphatic rings. The molecule has 4 nitrogen and oxygen atoms in total. The number of amides is 2. The molecule has 128 valence electrons. The maximum atomic E-state index is 11.9. The zero-order chi connectivity index (χ0) is 17.2. The van der Waals surface area contributed by atoms with Gasteiger partial charge in [-0.15, -0.1) is 0 Å². The van der Waals surface area contributed by atoms with Crippen molar-refractivity contribution in [2.75, 3.05) is 6.54 Å². The molecule has 0 fully saturated rings. The summed E-state index contributed by atoms with van der Waals surface area (Å²) in [6, 6.07) is 17.5. The first-order chi connectivity index (χ1) is 11.6. The van der Waals surface area contributed by atoms with Gasteiger partial charge in [0.1, 0.15) is 5.75 Å². The summed E-state index contributed by atoms with van der Waals surface area (Å²) in [5.74, 6) is 0.278. The van der Waals surface area contributed by atoms with Crippen LogP contribution in [0.25, 0.3) is 0 Å². The van der Waals surface area contributed by atoms with Crippen LogP contribution in [-0.4, -0.2) is 23.7 Å². The Bertz CT molecular complexity index is 611. The second kappa shape index (κ2) is 9.60. The summed E-state index contributed by atoms with van der Waals surface area (Å²) in [6.07, 6.45) is 3.63. The van der Waals surface area contributed by atoms with Gasteiger partial charge in [-0.2, -0.15) is 0 Å². The molecule has 4 heteroatoms. The predicted octanol–water partition coefficient (Wildman–Crippen LogP) is 3.65. The van der Waals surface area contributed by atoms with Gasteiger partial charge in [0.25, 0.3) is 0 Å². The van der Waals surface area contributed by atoms with Crippen molar-refractivity contribution in [3.63, 3.8) is 0 Å². The maximum Gasteiger partial charge on any atom is 0.314 e. The largest absolute Gasteiger partial charge is 0.508 e. The molecular formula is C20H26N2O2. The molecule has 0 spiro atoms. The van der Waals surface area contributed by atoms with Crippen molar-refractivity contribution in [2.45, 2.75) is 38.6 Å². The van der Waals surface area contributed by atoms with Crippen molar-refractivity contribution in [1.29, 1.82) is 0 Å². The molecule has 0 heterocycles. The smallest absolute Gasteiger partial charge is 0.314 e. The number of phenols is 1. The Morgan fingerprint density at radius 2 is 1.67 bits per heavy atom. The highest BCUT2D eigenvalue weighted by Crippen LogP contribution is 2.10. The maximum absolute atomic E-state index is 11.9. The van der Waals surface area contributed by atoms with Crippen LogP contribution in [0.15, 0.2) is 54.6 Å². The van der Waals surface area contributed by atoms with E-state index in [0.29, 0.717) is 6.54 Å². The second-order valence-corrected chi connectivity index (χ2v) is 6.10. The van der Waals surface area contributed by atoms with Gasteiger partial charge in [0.15, 0.2) is 0 Å². The van der Waals surface area contributed by atoms with Crippen LogP contribution in [-0.2, 0) is 12.8 Å². The van der Waals surface area contributed by atoms with E-state index in [2.05, 4.69) is 22.8 Å². The molecule has 0 aliphatic carbocycles. The molecule has 2 aromatic rings. The molecule has 0 radical (unpaired) electrons. The van der Waals surface area contributed by atoms with Crippen molar-refractivity contribution in [3.8, 4) is 5.75 Å². The van der Waals surface area contributed by atoms with E-state index >= 15 is 0 Å². The van der Waals surface area contributed by atoms with E-state index in [0.717, 1.165) is 31.2 Å². The monoisotopic (exact) mass is 326 g/mol. The molecule has 0 saturated carbocycles. The van der Waals surface area contributed by atoms with Gasteiger partial charge >= 0.3 is 6.03 Å². The molecule has 24 heavy (non-hydrogen) atoms. The Balaban J connectivity index is 1.58. The average Bonchev–Trinajstić information content (AvgIpc) is 2.59. The third-order valence-electron chi connectivity index (χ3n) is 3.95. The molecule has 2 amide bonds. The molecule has 3 N–H and O–H groups in total. The Morgan fingerprint density at radius 1 is 1.00 bits per heavy atom. The molecule has 0 aliphatic heterocycles. The fourth-order valence-corrected chi connectivity index (χ4v) is 2.53. The molecule has 2 aromatic carbocycles. The Kier molecular flexibility index (Phi) is 7.15. The normalized spacial score (nSPS) is 11.7. The molecule has 2 rings (SSSR count). The third kappa shape index (κ3) is 6.73. The van der Waals surface area contributed by atoms with Crippen LogP contribution in [0.3, 0.4) is 0 Å². The van der Waals surface area contributed by atoms with Gasteiger partial charge in [-0.25, -0.2) is 4.79 Å². The Labute approximate surface area is 143 Å². The number of aryl methyl sites for hydroxylation is 2. The van der Waals surface area contributed by atoms with Crippen molar-refractivity contribution in [3.05, 3.63) is 65.7 Å². The van der Waals surface area contributed by atoms with E-state index in [4.69, 9.17) is 0 Å². The summed E-state index contributed by atoms with van der Waals surface area (Å²) < 4.78 is 0. The van der Waals surface area contributed by atoms with Gasteiger partial charge in [-0.3, -0.25) is 0 Å². The number of phenolic OH excluding ortho intramolecular Hbond substituents is 1. The first-order valence-corrected chi connectivity index (χ1v) is 8.49. The van der Waals surface area contributed by atoms with Crippen LogP contribution in [0.1, 0.15) is 30.9 Å². The fraction of sp³-hybridized carbons (Fsp3) is 0.350. The SMILES string of the molecule is CC(CCc1ccccc1)NC(=O)NCCCc1ccc(O)cc1. The van der Waals surface area contributed by atoms with Crippen molar-refractivity contribution >= 4 is 6.03 Å². The number of hydrogen-bond donors (Lipinski definition) is 3. The van der Waals surface area contributed by atoms with Gasteiger partial charge in [-0.1, -0.05) is 42.5 Å². The van der Waals surface area contributed by atoms with Crippen LogP contribution < -0.4 is 10.6 Å². The van der Waals surface area contributed by atoms with Crippen LogP contribution in [0.2, 0.25) is 0 Å². The van der Waals surface area contributed by atoms with Gasteiger partial charge < -0.3 is 15.7 Å². The van der Waals surface area contributed by atoms with Gasteiger partial charge in [0.05, 0.1) is 0 Å². The lowest BCUT2D eigenvalue weighted by atomic mass is 10.1. The van der Waals surface area contributed by atoms with Crippen molar-refractivity contribution in [2.24, 2.45) is 0 Å². The van der Waals surface area contributed by atoms with Crippen LogP contribution in [0.5, 0.6) is 5.75 Å². The number of urea groups is 1. The van der Waals surface area contributed by atoms with E-state index in [1.165, 1.54) is 5.56 Å². The first kappa shape index (κ1) is 17.9. The highest BCUT2D eigenvalue weighted by molar-refractivity contribution is 5.74. The molecule has 0 bridgehead atoms. The minimum atomic E-state index is -0.110. The summed E-state index contributed by atoms with van der Waals surface area (Å²) in [5.41, 5.74) is 2.45. The molecular weight excluding hydrogens is 300 g/mol. The van der Waals surface area contributed by atoms with Gasteiger partial charge in [0.2, 0.25) is 0 Å². The number of carbonyl (C=O) groups is 1. The van der Waals surface area contributed by atoms with Crippen molar-refractivity contribution in [1.82, 2.24) is 10.6 Å². The number of carbonyl (C=O) groups excluding carboxylic acids is 1. The third-order valence-corrected chi connectivity index (χ3v) is 3.95. The minimum Gasteiger partial charge on any atom is -0.508 e. The summed E-state index contributed by atoms with van der Waals surface area (Å²) in [7, 11) is 0. The average molecular weight is 326 g/mol. The van der Waals surface area contributed by atoms with E-state index in [9.17, 15) is 9.90 Å². The summed E-state index contributed by atoms with van der Waals surface area (Å²) in [6.45, 7) is 2.66. The molecule has 0 saturated heterocycles. The van der Waals surface area contributed by atoms with E-state index < -0.39 is 0 Å². The second-order valence-electron chi connectivity index (χ2n) is 6.10. The van der Waals surface area contributed by atoms with E-state index in [1.54, 1.807) is 12.1 Å². The topological polar surface area (TPSA) is 61.4 Å². The summed E-state index contributed by atoms with van der Waals surface area (Å²) in [5, 5.41) is 15.1. The van der Waals surface area contributed by atoms with Crippen LogP contribution >= 0.6 is 0 Å². The molecule has 1 atom stereocenters. The first-order valence-electron chi connectivity index (χ1n) is 8.49. The Morgan fingerprint density at radius 3 is 2.38 bits per heavy atom. The number of nitrogens with one attached hydrogen (secondary N) is 2. The zero-order valence-corrected chi connectivity index (χ0v) is 14.2. The zero-order valence-electron chi connectivity index (χ0n) is 14.2. The number of rotatable bonds is 8. The van der Waals surface area contributed by atoms with Crippen LogP contribution in [0.4, 0.5) is 4.79 Å². The summed E-state index contributed by atoms with van der Waals surface area (Å²) >= 11 is 0. The quantitative estimate of drug-likeness (QED) is 0.649. The summed E-state index contributed by atoms with van der Waals surface area (Å²) in [4.78, 5) is 11.9.